The first-order chi connectivity index (χ1) is 11.4. The predicted molar refractivity (Wildman–Crippen MR) is 96.7 cm³/mol. The molecule has 2 rings (SSSR count). The lowest BCUT2D eigenvalue weighted by Crippen LogP contribution is -2.56. The monoisotopic (exact) mass is 369 g/mol. The number of nitrogens with zero attached hydrogens (tertiary/aromatic N) is 2. The van der Waals surface area contributed by atoms with Crippen LogP contribution in [-0.2, 0) is 16.0 Å². The Morgan fingerprint density at radius 2 is 1.83 bits per heavy atom. The van der Waals surface area contributed by atoms with Gasteiger partial charge in [-0.15, -0.1) is 0 Å². The Kier molecular flexibility index (Phi) is 6.51. The van der Waals surface area contributed by atoms with Crippen LogP contribution in [0.25, 0.3) is 0 Å². The molecule has 24 heavy (non-hydrogen) atoms. The van der Waals surface area contributed by atoms with Crippen molar-refractivity contribution in [3.63, 3.8) is 0 Å². The van der Waals surface area contributed by atoms with Gasteiger partial charge in [-0.05, 0) is 56.4 Å². The highest BCUT2D eigenvalue weighted by molar-refractivity contribution is 7.99. The molecule has 132 valence electrons. The van der Waals surface area contributed by atoms with Crippen LogP contribution < -0.4 is 5.32 Å². The van der Waals surface area contributed by atoms with Gasteiger partial charge in [0.25, 0.3) is 0 Å². The number of nitrogens with one attached hydrogen (secondary N) is 1. The van der Waals surface area contributed by atoms with E-state index in [0.29, 0.717) is 19.3 Å². The molecule has 0 atom stereocenters. The van der Waals surface area contributed by atoms with Gasteiger partial charge in [0.1, 0.15) is 5.54 Å². The van der Waals surface area contributed by atoms with Gasteiger partial charge in [0.05, 0.1) is 0 Å². The quantitative estimate of drug-likeness (QED) is 0.587. The second kappa shape index (κ2) is 8.20. The summed E-state index contributed by atoms with van der Waals surface area (Å²) < 4.78 is 0. The second-order valence-corrected chi connectivity index (χ2v) is 7.91. The third-order valence-corrected chi connectivity index (χ3v) is 5.85. The number of aliphatic carboxylic acids is 1. The first-order valence-electron chi connectivity index (χ1n) is 7.88. The topological polar surface area (TPSA) is 92.2 Å². The first-order valence-corrected chi connectivity index (χ1v) is 10.3. The summed E-state index contributed by atoms with van der Waals surface area (Å²) in [4.78, 5) is 32.8. The van der Waals surface area contributed by atoms with E-state index >= 15 is 0 Å². The van der Waals surface area contributed by atoms with Gasteiger partial charge in [-0.2, -0.15) is 11.8 Å². The molecule has 8 heteroatoms. The summed E-state index contributed by atoms with van der Waals surface area (Å²) in [5.41, 5.74) is 1.61. The Balaban J connectivity index is 2.01. The molecule has 0 saturated carbocycles. The molecule has 1 fully saturated rings. The molecule has 0 spiro atoms. The highest BCUT2D eigenvalue weighted by atomic mass is 32.2. The van der Waals surface area contributed by atoms with E-state index in [1.165, 1.54) is 11.8 Å². The molecule has 1 aromatic rings. The fourth-order valence-corrected chi connectivity index (χ4v) is 4.49. The molecule has 0 aromatic carbocycles. The van der Waals surface area contributed by atoms with E-state index in [-0.39, 0.29) is 12.3 Å². The molecule has 0 bridgehead atoms. The van der Waals surface area contributed by atoms with E-state index in [1.807, 2.05) is 20.1 Å². The zero-order valence-corrected chi connectivity index (χ0v) is 15.9. The maximum atomic E-state index is 12.3. The Hall–Kier alpha value is -1.28. The van der Waals surface area contributed by atoms with Gasteiger partial charge >= 0.3 is 5.97 Å². The van der Waals surface area contributed by atoms with Crippen LogP contribution in [0, 0.1) is 13.8 Å². The third kappa shape index (κ3) is 4.42. The summed E-state index contributed by atoms with van der Waals surface area (Å²) in [5, 5.41) is 13.0. The van der Waals surface area contributed by atoms with Crippen LogP contribution >= 0.6 is 23.5 Å². The zero-order chi connectivity index (χ0) is 17.7. The summed E-state index contributed by atoms with van der Waals surface area (Å²) in [6.07, 6.45) is 3.63. The van der Waals surface area contributed by atoms with Gasteiger partial charge in [0, 0.05) is 17.8 Å². The minimum absolute atomic E-state index is 0.225. The van der Waals surface area contributed by atoms with Crippen LogP contribution in [0.1, 0.15) is 36.2 Å². The first kappa shape index (κ1) is 19.1. The Bertz CT molecular complexity index is 608. The van der Waals surface area contributed by atoms with Crippen molar-refractivity contribution in [1.82, 2.24) is 15.3 Å². The molecule has 1 aliphatic heterocycles. The summed E-state index contributed by atoms with van der Waals surface area (Å²) >= 11 is 3.21. The number of aryl methyl sites for hydroxylation is 2. The summed E-state index contributed by atoms with van der Waals surface area (Å²) in [5.74, 6) is 0.358. The van der Waals surface area contributed by atoms with Crippen LogP contribution in [0.4, 0.5) is 0 Å². The van der Waals surface area contributed by atoms with E-state index in [0.717, 1.165) is 33.6 Å². The van der Waals surface area contributed by atoms with Crippen molar-refractivity contribution in [3.05, 3.63) is 17.0 Å². The fourth-order valence-electron chi connectivity index (χ4n) is 2.84. The minimum Gasteiger partial charge on any atom is -0.480 e. The summed E-state index contributed by atoms with van der Waals surface area (Å²) in [6, 6.07) is 0. The number of carbonyl (C=O) groups excluding carboxylic acids is 1. The normalized spacial score (nSPS) is 16.6. The minimum atomic E-state index is -1.11. The third-order valence-electron chi connectivity index (χ3n) is 4.32. The summed E-state index contributed by atoms with van der Waals surface area (Å²) in [7, 11) is 0. The molecule has 1 aliphatic rings. The number of aromatic nitrogens is 2. The second-order valence-electron chi connectivity index (χ2n) is 5.91. The summed E-state index contributed by atoms with van der Waals surface area (Å²) in [6.45, 7) is 3.83. The maximum Gasteiger partial charge on any atom is 0.329 e. The van der Waals surface area contributed by atoms with Crippen molar-refractivity contribution < 1.29 is 14.7 Å². The number of rotatable bonds is 6. The van der Waals surface area contributed by atoms with E-state index < -0.39 is 11.5 Å². The van der Waals surface area contributed by atoms with Crippen molar-refractivity contribution in [2.75, 3.05) is 17.8 Å². The molecule has 2 heterocycles. The van der Waals surface area contributed by atoms with Crippen molar-refractivity contribution >= 4 is 35.4 Å². The smallest absolute Gasteiger partial charge is 0.329 e. The molecule has 1 aromatic heterocycles. The average molecular weight is 370 g/mol. The van der Waals surface area contributed by atoms with Crippen molar-refractivity contribution in [1.29, 1.82) is 0 Å². The number of carboxylic acids is 1. The van der Waals surface area contributed by atoms with E-state index in [2.05, 4.69) is 15.3 Å². The van der Waals surface area contributed by atoms with Gasteiger partial charge < -0.3 is 10.4 Å². The van der Waals surface area contributed by atoms with E-state index in [9.17, 15) is 14.7 Å². The van der Waals surface area contributed by atoms with Gasteiger partial charge in [0.15, 0.2) is 5.16 Å². The van der Waals surface area contributed by atoms with Gasteiger partial charge in [-0.1, -0.05) is 11.8 Å². The standard InChI is InChI=1S/C16H23N3O3S2/c1-10-12(11(2)18-15(17-10)23-3)4-5-13(20)19-16(14(21)22)6-8-24-9-7-16/h4-9H2,1-3H3,(H,19,20)(H,21,22). The lowest BCUT2D eigenvalue weighted by atomic mass is 9.92. The molecular weight excluding hydrogens is 346 g/mol. The highest BCUT2D eigenvalue weighted by Crippen LogP contribution is 2.27. The molecule has 6 nitrogen and oxygen atoms in total. The molecule has 0 unspecified atom stereocenters. The van der Waals surface area contributed by atoms with Gasteiger partial charge in [-0.25, -0.2) is 14.8 Å². The largest absolute Gasteiger partial charge is 0.480 e. The number of carbonyl (C=O) groups is 2. The number of hydrogen-bond donors (Lipinski definition) is 2. The van der Waals surface area contributed by atoms with E-state index in [4.69, 9.17) is 0 Å². The van der Waals surface area contributed by atoms with Gasteiger partial charge in [0.2, 0.25) is 5.91 Å². The molecule has 1 saturated heterocycles. The molecule has 0 aliphatic carbocycles. The van der Waals surface area contributed by atoms with Crippen molar-refractivity contribution in [3.8, 4) is 0 Å². The average Bonchev–Trinajstić information content (AvgIpc) is 2.54. The maximum absolute atomic E-state index is 12.3. The SMILES string of the molecule is CSc1nc(C)c(CCC(=O)NC2(C(=O)O)CCSCC2)c(C)n1. The number of carboxylic acid groups (broad SMARTS) is 1. The molecular formula is C16H23N3O3S2. The zero-order valence-electron chi connectivity index (χ0n) is 14.2. The Morgan fingerprint density at radius 1 is 1.25 bits per heavy atom. The van der Waals surface area contributed by atoms with Crippen molar-refractivity contribution in [2.24, 2.45) is 0 Å². The number of thioether (sulfide) groups is 2. The van der Waals surface area contributed by atoms with Crippen molar-refractivity contribution in [2.45, 2.75) is 50.2 Å². The molecule has 0 radical (unpaired) electrons. The predicted octanol–water partition coefficient (Wildman–Crippen LogP) is 2.21. The van der Waals surface area contributed by atoms with Crippen LogP contribution in [-0.4, -0.2) is 50.3 Å². The lowest BCUT2D eigenvalue weighted by Gasteiger charge is -2.33. The lowest BCUT2D eigenvalue weighted by molar-refractivity contribution is -0.148. The molecule has 1 amide bonds. The number of amides is 1. The Morgan fingerprint density at radius 3 is 2.33 bits per heavy atom. The van der Waals surface area contributed by atoms with Crippen LogP contribution in [0.5, 0.6) is 0 Å². The number of hydrogen-bond acceptors (Lipinski definition) is 6. The van der Waals surface area contributed by atoms with Crippen LogP contribution in [0.2, 0.25) is 0 Å². The highest BCUT2D eigenvalue weighted by Gasteiger charge is 2.41. The van der Waals surface area contributed by atoms with E-state index in [1.54, 1.807) is 11.8 Å². The van der Waals surface area contributed by atoms with Crippen LogP contribution in [0.15, 0.2) is 5.16 Å². The Labute approximate surface area is 150 Å². The van der Waals surface area contributed by atoms with Crippen LogP contribution in [0.3, 0.4) is 0 Å². The molecule has 2 N–H and O–H groups in total. The fraction of sp³-hybridized carbons (Fsp3) is 0.625. The van der Waals surface area contributed by atoms with Gasteiger partial charge in [-0.3, -0.25) is 4.79 Å².